The Balaban J connectivity index is 1.80. The summed E-state index contributed by atoms with van der Waals surface area (Å²) in [7, 11) is 0. The molecule has 10 heteroatoms. The van der Waals surface area contributed by atoms with Crippen LogP contribution in [0.1, 0.15) is 11.5 Å². The minimum atomic E-state index is -4.55. The molecule has 3 aromatic heterocycles. The molecular weight excluding hydrogens is 399 g/mol. The average molecular weight is 407 g/mol. The van der Waals surface area contributed by atoms with Gasteiger partial charge in [0.25, 0.3) is 5.91 Å². The third kappa shape index (κ3) is 3.45. The van der Waals surface area contributed by atoms with Gasteiger partial charge in [-0.15, -0.1) is 0 Å². The number of rotatable bonds is 2. The minimum Gasteiger partial charge on any atom is -0.456 e. The summed E-state index contributed by atoms with van der Waals surface area (Å²) in [5, 5.41) is 3.09. The number of amides is 1. The second kappa shape index (κ2) is 6.46. The molecule has 1 aliphatic heterocycles. The van der Waals surface area contributed by atoms with Gasteiger partial charge in [-0.2, -0.15) is 13.2 Å². The second-order valence-electron chi connectivity index (χ2n) is 5.53. The number of carbonyl (C=O) groups is 1. The highest BCUT2D eigenvalue weighted by Gasteiger charge is 2.32. The van der Waals surface area contributed by atoms with Gasteiger partial charge < -0.3 is 9.73 Å². The maximum absolute atomic E-state index is 12.9. The first-order valence-electron chi connectivity index (χ1n) is 7.47. The van der Waals surface area contributed by atoms with Gasteiger partial charge in [0.15, 0.2) is 0 Å². The van der Waals surface area contributed by atoms with E-state index in [1.807, 2.05) is 0 Å². The number of nitrogens with zero attached hydrogens (tertiary/aromatic N) is 2. The molecular formula is C17H8F3N3O2S2. The van der Waals surface area contributed by atoms with Crippen LogP contribution >= 0.6 is 24.0 Å². The van der Waals surface area contributed by atoms with Gasteiger partial charge in [-0.25, -0.2) is 0 Å². The van der Waals surface area contributed by atoms with Crippen LogP contribution < -0.4 is 5.32 Å². The van der Waals surface area contributed by atoms with E-state index < -0.39 is 11.9 Å². The summed E-state index contributed by atoms with van der Waals surface area (Å²) in [6, 6.07) is 4.04. The van der Waals surface area contributed by atoms with Crippen LogP contribution in [-0.4, -0.2) is 20.2 Å². The normalized spacial score (nSPS) is 16.3. The van der Waals surface area contributed by atoms with Crippen LogP contribution in [0.2, 0.25) is 0 Å². The molecule has 27 heavy (non-hydrogen) atoms. The predicted octanol–water partition coefficient (Wildman–Crippen LogP) is 4.40. The van der Waals surface area contributed by atoms with E-state index in [1.54, 1.807) is 6.07 Å². The molecule has 1 aliphatic rings. The highest BCUT2D eigenvalue weighted by atomic mass is 32.2. The van der Waals surface area contributed by atoms with E-state index >= 15 is 0 Å². The maximum atomic E-state index is 12.9. The molecule has 3 aromatic rings. The van der Waals surface area contributed by atoms with Crippen molar-refractivity contribution in [1.82, 2.24) is 15.3 Å². The van der Waals surface area contributed by atoms with E-state index in [0.29, 0.717) is 31.5 Å². The second-order valence-corrected chi connectivity index (χ2v) is 7.25. The molecule has 5 nitrogen and oxygen atoms in total. The smallest absolute Gasteiger partial charge is 0.433 e. The molecule has 4 heterocycles. The molecule has 0 aliphatic carbocycles. The fraction of sp³-hybridized carbons (Fsp3) is 0.0588. The first kappa shape index (κ1) is 17.7. The topological polar surface area (TPSA) is 68.0 Å². The first-order chi connectivity index (χ1) is 12.8. The minimum absolute atomic E-state index is 0.276. The summed E-state index contributed by atoms with van der Waals surface area (Å²) < 4.78 is 44.9. The third-order valence-electron chi connectivity index (χ3n) is 3.72. The summed E-state index contributed by atoms with van der Waals surface area (Å²) in [4.78, 5) is 19.6. The van der Waals surface area contributed by atoms with Crippen molar-refractivity contribution in [3.05, 3.63) is 53.1 Å². The van der Waals surface area contributed by atoms with Crippen LogP contribution in [0.15, 0.2) is 46.1 Å². The van der Waals surface area contributed by atoms with Gasteiger partial charge in [-0.3, -0.25) is 14.8 Å². The van der Waals surface area contributed by atoms with Gasteiger partial charge >= 0.3 is 6.18 Å². The number of alkyl halides is 3. The molecule has 0 aromatic carbocycles. The molecule has 1 saturated heterocycles. The van der Waals surface area contributed by atoms with Crippen LogP contribution in [0.25, 0.3) is 28.2 Å². The largest absolute Gasteiger partial charge is 0.456 e. The van der Waals surface area contributed by atoms with Crippen LogP contribution in [0.5, 0.6) is 0 Å². The van der Waals surface area contributed by atoms with E-state index in [2.05, 4.69) is 15.3 Å². The fourth-order valence-electron chi connectivity index (χ4n) is 2.56. The van der Waals surface area contributed by atoms with Crippen LogP contribution in [0, 0.1) is 0 Å². The molecule has 136 valence electrons. The van der Waals surface area contributed by atoms with Gasteiger partial charge in [0.2, 0.25) is 0 Å². The Hall–Kier alpha value is -2.72. The van der Waals surface area contributed by atoms with Crippen LogP contribution in [-0.2, 0) is 11.0 Å². The number of thioether (sulfide) groups is 1. The number of aromatic nitrogens is 2. The summed E-state index contributed by atoms with van der Waals surface area (Å²) in [5.74, 6) is 0.0412. The van der Waals surface area contributed by atoms with E-state index in [4.69, 9.17) is 16.6 Å². The van der Waals surface area contributed by atoms with Gasteiger partial charge in [0, 0.05) is 35.6 Å². The number of hydrogen-bond donors (Lipinski definition) is 1. The van der Waals surface area contributed by atoms with Crippen molar-refractivity contribution in [3.63, 3.8) is 0 Å². The van der Waals surface area contributed by atoms with Crippen molar-refractivity contribution in [2.24, 2.45) is 0 Å². The molecule has 0 unspecified atom stereocenters. The van der Waals surface area contributed by atoms with Crippen molar-refractivity contribution in [1.29, 1.82) is 0 Å². The molecule has 1 fully saturated rings. The Bertz CT molecular complexity index is 1120. The molecule has 0 bridgehead atoms. The zero-order valence-electron chi connectivity index (χ0n) is 13.2. The molecule has 0 saturated carbocycles. The number of pyridine rings is 2. The molecule has 0 spiro atoms. The Morgan fingerprint density at radius 3 is 2.78 bits per heavy atom. The lowest BCUT2D eigenvalue weighted by Gasteiger charge is -2.07. The Labute approximate surface area is 159 Å². The number of carbonyl (C=O) groups excluding carboxylic acids is 1. The lowest BCUT2D eigenvalue weighted by molar-refractivity contribution is -0.141. The van der Waals surface area contributed by atoms with E-state index in [0.717, 1.165) is 24.0 Å². The van der Waals surface area contributed by atoms with Crippen molar-refractivity contribution in [3.8, 4) is 11.1 Å². The van der Waals surface area contributed by atoms with Crippen LogP contribution in [0.3, 0.4) is 0 Å². The number of thiocarbonyl (C=S) groups is 1. The number of hydrogen-bond acceptors (Lipinski definition) is 6. The summed E-state index contributed by atoms with van der Waals surface area (Å²) in [6.45, 7) is 0. The van der Waals surface area contributed by atoms with Gasteiger partial charge in [-0.05, 0) is 23.8 Å². The average Bonchev–Trinajstić information content (AvgIpc) is 3.16. The monoisotopic (exact) mass is 407 g/mol. The molecule has 4 rings (SSSR count). The van der Waals surface area contributed by atoms with Crippen molar-refractivity contribution >= 4 is 51.3 Å². The maximum Gasteiger partial charge on any atom is 0.433 e. The van der Waals surface area contributed by atoms with Crippen molar-refractivity contribution < 1.29 is 22.4 Å². The highest BCUT2D eigenvalue weighted by Crippen LogP contribution is 2.35. The van der Waals surface area contributed by atoms with Gasteiger partial charge in [0.05, 0.1) is 4.91 Å². The summed E-state index contributed by atoms with van der Waals surface area (Å²) >= 11 is 6.04. The lowest BCUT2D eigenvalue weighted by atomic mass is 10.1. The predicted molar refractivity (Wildman–Crippen MR) is 98.6 cm³/mol. The number of halogens is 3. The van der Waals surface area contributed by atoms with E-state index in [1.165, 1.54) is 24.5 Å². The first-order valence-corrected chi connectivity index (χ1v) is 8.70. The van der Waals surface area contributed by atoms with Crippen molar-refractivity contribution in [2.75, 3.05) is 0 Å². The number of nitrogens with one attached hydrogen (secondary N) is 1. The van der Waals surface area contributed by atoms with E-state index in [9.17, 15) is 18.0 Å². The number of fused-ring (bicyclic) bond motifs is 1. The van der Waals surface area contributed by atoms with Gasteiger partial charge in [-0.1, -0.05) is 24.0 Å². The van der Waals surface area contributed by atoms with E-state index in [-0.39, 0.29) is 11.5 Å². The SMILES string of the molecule is O=C1NC(=S)S/C1=C/c1cc2cncc(-c3ccnc(C(F)(F)F)c3)c2o1. The lowest BCUT2D eigenvalue weighted by Crippen LogP contribution is -2.17. The molecule has 1 N–H and O–H groups in total. The highest BCUT2D eigenvalue weighted by molar-refractivity contribution is 8.26. The zero-order valence-corrected chi connectivity index (χ0v) is 14.8. The zero-order chi connectivity index (χ0) is 19.2. The molecule has 0 atom stereocenters. The fourth-order valence-corrected chi connectivity index (χ4v) is 3.59. The van der Waals surface area contributed by atoms with Crippen molar-refractivity contribution in [2.45, 2.75) is 6.18 Å². The molecule has 1 amide bonds. The third-order valence-corrected chi connectivity index (χ3v) is 4.88. The number of furan rings is 1. The summed E-state index contributed by atoms with van der Waals surface area (Å²) in [5.41, 5.74) is 0.0304. The Morgan fingerprint density at radius 2 is 2.07 bits per heavy atom. The Morgan fingerprint density at radius 1 is 1.26 bits per heavy atom. The standard InChI is InChI=1S/C17H8F3N3O2S2/c18-17(19,20)13-4-8(1-2-22-13)11-7-21-6-9-3-10(25-14(9)11)5-12-15(24)23-16(26)27-12/h1-7H,(H,23,24,26)/b12-5+. The quantitative estimate of drug-likeness (QED) is 0.502. The summed E-state index contributed by atoms with van der Waals surface area (Å²) in [6.07, 6.45) is 1.01. The Kier molecular flexibility index (Phi) is 4.23. The van der Waals surface area contributed by atoms with Gasteiger partial charge in [0.1, 0.15) is 21.4 Å². The van der Waals surface area contributed by atoms with Crippen LogP contribution in [0.4, 0.5) is 13.2 Å². The molecule has 0 radical (unpaired) electrons.